The van der Waals surface area contributed by atoms with Crippen LogP contribution in [0.15, 0.2) is 23.2 Å². The number of methoxy groups -OCH3 is 1. The predicted octanol–water partition coefficient (Wildman–Crippen LogP) is 1.13. The van der Waals surface area contributed by atoms with E-state index in [2.05, 4.69) is 10.3 Å². The first-order valence-corrected chi connectivity index (χ1v) is 7.91. The number of halogens is 1. The average molecular weight is 337 g/mol. The highest BCUT2D eigenvalue weighted by Crippen LogP contribution is 2.24. The topological polar surface area (TPSA) is 74.2 Å². The van der Waals surface area contributed by atoms with Crippen molar-refractivity contribution < 1.29 is 19.0 Å². The van der Waals surface area contributed by atoms with Crippen LogP contribution in [-0.4, -0.2) is 49.2 Å². The van der Waals surface area contributed by atoms with Crippen molar-refractivity contribution in [1.82, 2.24) is 10.2 Å². The van der Waals surface area contributed by atoms with Gasteiger partial charge < -0.3 is 20.1 Å². The highest BCUT2D eigenvalue weighted by atomic mass is 19.1. The molecule has 0 radical (unpaired) electrons. The number of hydrogen-bond donors (Lipinski definition) is 2. The van der Waals surface area contributed by atoms with Gasteiger partial charge in [-0.25, -0.2) is 4.39 Å². The van der Waals surface area contributed by atoms with Gasteiger partial charge in [0, 0.05) is 32.2 Å². The molecule has 7 heteroatoms. The minimum atomic E-state index is -0.417. The molecule has 2 rings (SSSR count). The maximum Gasteiger partial charge on any atom is 0.310 e. The number of hydrogen-bond acceptors (Lipinski definition) is 4. The molecule has 0 spiro atoms. The van der Waals surface area contributed by atoms with Crippen LogP contribution in [0.2, 0.25) is 0 Å². The number of aliphatic hydroxyl groups excluding tert-OH is 1. The molecule has 1 fully saturated rings. The second kappa shape index (κ2) is 8.10. The lowest BCUT2D eigenvalue weighted by atomic mass is 9.99. The van der Waals surface area contributed by atoms with Crippen molar-refractivity contribution in [3.8, 4) is 0 Å². The van der Waals surface area contributed by atoms with Crippen LogP contribution in [0.3, 0.4) is 0 Å². The van der Waals surface area contributed by atoms with Crippen molar-refractivity contribution in [3.63, 3.8) is 0 Å². The standard InChI is InChI=1S/C17H24FN3O3/c1-11-8-21(9-14(11)16(23)24-3)17(19-2)20-7-12-4-5-15(18)13(6-12)10-22/h4-6,11,14,22H,7-10H2,1-3H3,(H,19,20). The normalized spacial score (nSPS) is 21.0. The van der Waals surface area contributed by atoms with Gasteiger partial charge in [0.05, 0.1) is 19.6 Å². The van der Waals surface area contributed by atoms with E-state index in [1.807, 2.05) is 11.8 Å². The second-order valence-electron chi connectivity index (χ2n) is 6.00. The van der Waals surface area contributed by atoms with Crippen LogP contribution >= 0.6 is 0 Å². The molecule has 1 saturated heterocycles. The van der Waals surface area contributed by atoms with E-state index in [4.69, 9.17) is 9.84 Å². The lowest BCUT2D eigenvalue weighted by Crippen LogP contribution is -2.40. The number of esters is 1. The molecule has 1 aliphatic heterocycles. The number of rotatable bonds is 4. The number of ether oxygens (including phenoxy) is 1. The molecule has 0 aromatic heterocycles. The average Bonchev–Trinajstić information content (AvgIpc) is 2.97. The number of aliphatic imine (C=N–C) groups is 1. The summed E-state index contributed by atoms with van der Waals surface area (Å²) in [4.78, 5) is 18.1. The van der Waals surface area contributed by atoms with E-state index in [1.54, 1.807) is 19.2 Å². The molecule has 0 aliphatic carbocycles. The Labute approximate surface area is 141 Å². The van der Waals surface area contributed by atoms with E-state index < -0.39 is 5.82 Å². The van der Waals surface area contributed by atoms with Crippen LogP contribution in [0.25, 0.3) is 0 Å². The molecule has 2 N–H and O–H groups in total. The summed E-state index contributed by atoms with van der Waals surface area (Å²) in [5.41, 5.74) is 1.11. The third-order valence-electron chi connectivity index (χ3n) is 4.36. The summed E-state index contributed by atoms with van der Waals surface area (Å²) >= 11 is 0. The molecule has 132 valence electrons. The van der Waals surface area contributed by atoms with Gasteiger partial charge in [0.15, 0.2) is 5.96 Å². The number of guanidine groups is 1. The van der Waals surface area contributed by atoms with Crippen molar-refractivity contribution in [3.05, 3.63) is 35.1 Å². The zero-order valence-corrected chi connectivity index (χ0v) is 14.3. The number of nitrogens with zero attached hydrogens (tertiary/aromatic N) is 2. The maximum absolute atomic E-state index is 13.4. The molecule has 0 amide bonds. The Morgan fingerprint density at radius 3 is 2.88 bits per heavy atom. The Morgan fingerprint density at radius 1 is 1.50 bits per heavy atom. The molecule has 0 bridgehead atoms. The van der Waals surface area contributed by atoms with Gasteiger partial charge in [0.2, 0.25) is 0 Å². The van der Waals surface area contributed by atoms with E-state index >= 15 is 0 Å². The number of carbonyl (C=O) groups is 1. The fraction of sp³-hybridized carbons (Fsp3) is 0.529. The lowest BCUT2D eigenvalue weighted by molar-refractivity contribution is -0.145. The third kappa shape index (κ3) is 4.03. The Kier molecular flexibility index (Phi) is 6.14. The van der Waals surface area contributed by atoms with Crippen molar-refractivity contribution in [1.29, 1.82) is 0 Å². The molecule has 0 saturated carbocycles. The smallest absolute Gasteiger partial charge is 0.310 e. The third-order valence-corrected chi connectivity index (χ3v) is 4.36. The zero-order valence-electron chi connectivity index (χ0n) is 14.3. The first-order chi connectivity index (χ1) is 11.5. The fourth-order valence-electron chi connectivity index (χ4n) is 2.97. The summed E-state index contributed by atoms with van der Waals surface area (Å²) in [7, 11) is 3.08. The van der Waals surface area contributed by atoms with Gasteiger partial charge in [-0.2, -0.15) is 0 Å². The molecule has 2 atom stereocenters. The van der Waals surface area contributed by atoms with Crippen molar-refractivity contribution in [2.75, 3.05) is 27.2 Å². The van der Waals surface area contributed by atoms with Crippen molar-refractivity contribution in [2.45, 2.75) is 20.1 Å². The quantitative estimate of drug-likeness (QED) is 0.490. The van der Waals surface area contributed by atoms with E-state index in [1.165, 1.54) is 13.2 Å². The van der Waals surface area contributed by atoms with Gasteiger partial charge >= 0.3 is 5.97 Å². The number of aliphatic hydroxyl groups is 1. The van der Waals surface area contributed by atoms with Crippen LogP contribution in [-0.2, 0) is 22.7 Å². The van der Waals surface area contributed by atoms with Gasteiger partial charge in [-0.3, -0.25) is 9.79 Å². The van der Waals surface area contributed by atoms with Gasteiger partial charge in [-0.15, -0.1) is 0 Å². The minimum absolute atomic E-state index is 0.166. The Balaban J connectivity index is 2.00. The Bertz CT molecular complexity index is 621. The van der Waals surface area contributed by atoms with Crippen LogP contribution in [0, 0.1) is 17.7 Å². The van der Waals surface area contributed by atoms with Crippen molar-refractivity contribution in [2.24, 2.45) is 16.8 Å². The number of nitrogens with one attached hydrogen (secondary N) is 1. The van der Waals surface area contributed by atoms with Gasteiger partial charge in [-0.1, -0.05) is 13.0 Å². The molecule has 1 heterocycles. The summed E-state index contributed by atoms with van der Waals surface area (Å²) in [6, 6.07) is 4.63. The van der Waals surface area contributed by atoms with Gasteiger partial charge in [0.1, 0.15) is 5.82 Å². The summed E-state index contributed by atoms with van der Waals surface area (Å²) < 4.78 is 18.3. The number of carbonyl (C=O) groups excluding carboxylic acids is 1. The van der Waals surface area contributed by atoms with Crippen LogP contribution in [0.1, 0.15) is 18.1 Å². The molecular weight excluding hydrogens is 313 g/mol. The van der Waals surface area contributed by atoms with Crippen LogP contribution in [0.5, 0.6) is 0 Å². The van der Waals surface area contributed by atoms with Crippen LogP contribution in [0.4, 0.5) is 4.39 Å². The largest absolute Gasteiger partial charge is 0.469 e. The summed E-state index contributed by atoms with van der Waals surface area (Å²) in [6.45, 7) is 3.40. The zero-order chi connectivity index (χ0) is 17.7. The predicted molar refractivity (Wildman–Crippen MR) is 88.8 cm³/mol. The van der Waals surface area contributed by atoms with Gasteiger partial charge in [0.25, 0.3) is 0 Å². The maximum atomic E-state index is 13.4. The summed E-state index contributed by atoms with van der Waals surface area (Å²) in [6.07, 6.45) is 0. The SMILES string of the molecule is CN=C(NCc1ccc(F)c(CO)c1)N1CC(C)C(C(=O)OC)C1. The molecule has 1 aromatic rings. The highest BCUT2D eigenvalue weighted by molar-refractivity contribution is 5.82. The van der Waals surface area contributed by atoms with E-state index in [9.17, 15) is 9.18 Å². The molecular formula is C17H24FN3O3. The first kappa shape index (κ1) is 18.2. The van der Waals surface area contributed by atoms with E-state index in [0.717, 1.165) is 5.56 Å². The second-order valence-corrected chi connectivity index (χ2v) is 6.00. The van der Waals surface area contributed by atoms with Crippen LogP contribution < -0.4 is 5.32 Å². The minimum Gasteiger partial charge on any atom is -0.469 e. The molecule has 2 unspecified atom stereocenters. The number of benzene rings is 1. The summed E-state index contributed by atoms with van der Waals surface area (Å²) in [5, 5.41) is 12.4. The number of likely N-dealkylation sites (tertiary alicyclic amines) is 1. The summed E-state index contributed by atoms with van der Waals surface area (Å²) in [5.74, 6) is 0.0813. The van der Waals surface area contributed by atoms with Gasteiger partial charge in [-0.05, 0) is 23.6 Å². The van der Waals surface area contributed by atoms with E-state index in [-0.39, 0.29) is 30.0 Å². The lowest BCUT2D eigenvalue weighted by Gasteiger charge is -2.21. The highest BCUT2D eigenvalue weighted by Gasteiger charge is 2.36. The fourth-order valence-corrected chi connectivity index (χ4v) is 2.97. The van der Waals surface area contributed by atoms with E-state index in [0.29, 0.717) is 25.6 Å². The monoisotopic (exact) mass is 337 g/mol. The first-order valence-electron chi connectivity index (χ1n) is 7.91. The molecule has 1 aromatic carbocycles. The molecule has 6 nitrogen and oxygen atoms in total. The Hall–Kier alpha value is -2.15. The molecule has 1 aliphatic rings. The molecule has 24 heavy (non-hydrogen) atoms. The van der Waals surface area contributed by atoms with Crippen molar-refractivity contribution >= 4 is 11.9 Å². The Morgan fingerprint density at radius 2 is 2.25 bits per heavy atom.